The van der Waals surface area contributed by atoms with Crippen molar-refractivity contribution in [3.63, 3.8) is 0 Å². The molecule has 6 heteroatoms. The first-order valence-corrected chi connectivity index (χ1v) is 6.30. The molecule has 0 aliphatic heterocycles. The molecule has 106 valence electrons. The van der Waals surface area contributed by atoms with E-state index < -0.39 is 11.7 Å². The molecule has 0 atom stereocenters. The van der Waals surface area contributed by atoms with Gasteiger partial charge in [-0.15, -0.1) is 0 Å². The molecule has 0 saturated heterocycles. The molecular formula is C14H17N3O3. The fourth-order valence-corrected chi connectivity index (χ4v) is 1.69. The van der Waals surface area contributed by atoms with Gasteiger partial charge in [0.1, 0.15) is 11.4 Å². The maximum Gasteiger partial charge on any atom is 0.408 e. The van der Waals surface area contributed by atoms with Gasteiger partial charge in [-0.05, 0) is 32.9 Å². The summed E-state index contributed by atoms with van der Waals surface area (Å²) in [5.74, 6) is 0.388. The average molecular weight is 275 g/mol. The Morgan fingerprint density at radius 3 is 2.75 bits per heavy atom. The van der Waals surface area contributed by atoms with E-state index in [0.717, 1.165) is 0 Å². The van der Waals surface area contributed by atoms with Crippen molar-refractivity contribution in [2.24, 2.45) is 0 Å². The predicted molar refractivity (Wildman–Crippen MR) is 75.4 cm³/mol. The van der Waals surface area contributed by atoms with E-state index in [-0.39, 0.29) is 12.1 Å². The highest BCUT2D eigenvalue weighted by Gasteiger charge is 2.16. The molecule has 20 heavy (non-hydrogen) atoms. The van der Waals surface area contributed by atoms with Crippen molar-refractivity contribution < 1.29 is 9.53 Å². The molecule has 2 rings (SSSR count). The van der Waals surface area contributed by atoms with E-state index in [2.05, 4.69) is 15.3 Å². The third-order valence-corrected chi connectivity index (χ3v) is 2.46. The van der Waals surface area contributed by atoms with E-state index in [0.29, 0.717) is 16.7 Å². The zero-order chi connectivity index (χ0) is 14.8. The van der Waals surface area contributed by atoms with Crippen LogP contribution in [0.25, 0.3) is 10.9 Å². The summed E-state index contributed by atoms with van der Waals surface area (Å²) in [7, 11) is 0. The van der Waals surface area contributed by atoms with Gasteiger partial charge in [-0.25, -0.2) is 9.78 Å². The van der Waals surface area contributed by atoms with Gasteiger partial charge in [0, 0.05) is 0 Å². The zero-order valence-corrected chi connectivity index (χ0v) is 11.7. The third-order valence-electron chi connectivity index (χ3n) is 2.46. The van der Waals surface area contributed by atoms with Crippen LogP contribution in [-0.4, -0.2) is 21.7 Å². The minimum Gasteiger partial charge on any atom is -0.444 e. The quantitative estimate of drug-likeness (QED) is 0.877. The van der Waals surface area contributed by atoms with Crippen LogP contribution in [0.15, 0.2) is 29.1 Å². The Morgan fingerprint density at radius 2 is 2.05 bits per heavy atom. The smallest absolute Gasteiger partial charge is 0.408 e. The van der Waals surface area contributed by atoms with Crippen LogP contribution in [0.1, 0.15) is 26.6 Å². The molecule has 1 aromatic carbocycles. The summed E-state index contributed by atoms with van der Waals surface area (Å²) in [6.07, 6.45) is -0.548. The SMILES string of the molecule is CC(C)(C)OC(=O)NCc1nc2ccccc2c(=O)[nH]1. The number of hydrogen-bond acceptors (Lipinski definition) is 4. The van der Waals surface area contributed by atoms with Gasteiger partial charge in [0.2, 0.25) is 0 Å². The van der Waals surface area contributed by atoms with Crippen LogP contribution in [0.4, 0.5) is 4.79 Å². The van der Waals surface area contributed by atoms with Crippen LogP contribution in [-0.2, 0) is 11.3 Å². The minimum atomic E-state index is -0.561. The number of para-hydroxylation sites is 1. The first kappa shape index (κ1) is 14.0. The third kappa shape index (κ3) is 3.57. The molecule has 0 aliphatic carbocycles. The Hall–Kier alpha value is -2.37. The topological polar surface area (TPSA) is 84.1 Å². The lowest BCUT2D eigenvalue weighted by molar-refractivity contribution is 0.0522. The van der Waals surface area contributed by atoms with Gasteiger partial charge < -0.3 is 15.0 Å². The first-order valence-electron chi connectivity index (χ1n) is 6.30. The minimum absolute atomic E-state index is 0.106. The molecule has 0 unspecified atom stereocenters. The maximum atomic E-state index is 11.8. The first-order chi connectivity index (χ1) is 9.35. The number of nitrogens with one attached hydrogen (secondary N) is 2. The monoisotopic (exact) mass is 275 g/mol. The van der Waals surface area contributed by atoms with Crippen LogP contribution in [0.3, 0.4) is 0 Å². The molecule has 0 spiro atoms. The van der Waals surface area contributed by atoms with E-state index in [4.69, 9.17) is 4.74 Å². The molecule has 1 aromatic heterocycles. The van der Waals surface area contributed by atoms with Crippen LogP contribution < -0.4 is 10.9 Å². The van der Waals surface area contributed by atoms with Gasteiger partial charge >= 0.3 is 6.09 Å². The molecule has 6 nitrogen and oxygen atoms in total. The molecule has 0 bridgehead atoms. The fourth-order valence-electron chi connectivity index (χ4n) is 1.69. The number of fused-ring (bicyclic) bond motifs is 1. The second kappa shape index (κ2) is 5.32. The van der Waals surface area contributed by atoms with Crippen molar-refractivity contribution in [1.82, 2.24) is 15.3 Å². The summed E-state index contributed by atoms with van der Waals surface area (Å²) < 4.78 is 5.11. The molecule has 0 radical (unpaired) electrons. The standard InChI is InChI=1S/C14H17N3O3/c1-14(2,3)20-13(19)15-8-11-16-10-7-5-4-6-9(10)12(18)17-11/h4-7H,8H2,1-3H3,(H,15,19)(H,16,17,18). The van der Waals surface area contributed by atoms with Crippen LogP contribution in [0, 0.1) is 0 Å². The molecular weight excluding hydrogens is 258 g/mol. The number of aromatic amines is 1. The Labute approximate surface area is 116 Å². The van der Waals surface area contributed by atoms with Crippen LogP contribution in [0.2, 0.25) is 0 Å². The van der Waals surface area contributed by atoms with Gasteiger partial charge in [-0.1, -0.05) is 12.1 Å². The molecule has 2 N–H and O–H groups in total. The van der Waals surface area contributed by atoms with E-state index in [1.807, 2.05) is 0 Å². The predicted octanol–water partition coefficient (Wildman–Crippen LogP) is 1.95. The Balaban J connectivity index is 2.11. The largest absolute Gasteiger partial charge is 0.444 e. The molecule has 0 fully saturated rings. The van der Waals surface area contributed by atoms with Crippen molar-refractivity contribution in [2.75, 3.05) is 0 Å². The van der Waals surface area contributed by atoms with E-state index in [9.17, 15) is 9.59 Å². The second-order valence-corrected chi connectivity index (χ2v) is 5.39. The molecule has 0 aliphatic rings. The summed E-state index contributed by atoms with van der Waals surface area (Å²) in [5.41, 5.74) is -0.192. The Morgan fingerprint density at radius 1 is 1.35 bits per heavy atom. The van der Waals surface area contributed by atoms with Gasteiger partial charge in [-0.3, -0.25) is 4.79 Å². The van der Waals surface area contributed by atoms with Crippen molar-refractivity contribution in [3.05, 3.63) is 40.4 Å². The number of rotatable bonds is 2. The summed E-state index contributed by atoms with van der Waals surface area (Å²) in [5, 5.41) is 3.08. The van der Waals surface area contributed by atoms with Gasteiger partial charge in [0.15, 0.2) is 0 Å². The van der Waals surface area contributed by atoms with Gasteiger partial charge in [-0.2, -0.15) is 0 Å². The lowest BCUT2D eigenvalue weighted by atomic mass is 10.2. The molecule has 1 amide bonds. The zero-order valence-electron chi connectivity index (χ0n) is 11.7. The van der Waals surface area contributed by atoms with E-state index >= 15 is 0 Å². The summed E-state index contributed by atoms with van der Waals surface area (Å²) in [6.45, 7) is 5.45. The molecule has 2 aromatic rings. The van der Waals surface area contributed by atoms with Crippen LogP contribution >= 0.6 is 0 Å². The summed E-state index contributed by atoms with van der Waals surface area (Å²) >= 11 is 0. The van der Waals surface area contributed by atoms with Crippen molar-refractivity contribution >= 4 is 17.0 Å². The van der Waals surface area contributed by atoms with Gasteiger partial charge in [0.25, 0.3) is 5.56 Å². The fraction of sp³-hybridized carbons (Fsp3) is 0.357. The van der Waals surface area contributed by atoms with Gasteiger partial charge in [0.05, 0.1) is 17.4 Å². The summed E-state index contributed by atoms with van der Waals surface area (Å²) in [4.78, 5) is 30.3. The van der Waals surface area contributed by atoms with Crippen molar-refractivity contribution in [2.45, 2.75) is 32.9 Å². The number of carbonyl (C=O) groups excluding carboxylic acids is 1. The number of hydrogen-bond donors (Lipinski definition) is 2. The van der Waals surface area contributed by atoms with Crippen molar-refractivity contribution in [3.8, 4) is 0 Å². The highest BCUT2D eigenvalue weighted by atomic mass is 16.6. The number of aromatic nitrogens is 2. The Bertz CT molecular complexity index is 686. The van der Waals surface area contributed by atoms with E-state index in [1.54, 1.807) is 45.0 Å². The number of ether oxygens (including phenoxy) is 1. The number of alkyl carbamates (subject to hydrolysis) is 1. The second-order valence-electron chi connectivity index (χ2n) is 5.39. The lowest BCUT2D eigenvalue weighted by Crippen LogP contribution is -2.33. The number of H-pyrrole nitrogens is 1. The number of nitrogens with zero attached hydrogens (tertiary/aromatic N) is 1. The van der Waals surface area contributed by atoms with Crippen molar-refractivity contribution in [1.29, 1.82) is 0 Å². The normalized spacial score (nSPS) is 11.3. The van der Waals surface area contributed by atoms with E-state index in [1.165, 1.54) is 0 Å². The molecule has 1 heterocycles. The number of benzene rings is 1. The average Bonchev–Trinajstić information content (AvgIpc) is 2.34. The lowest BCUT2D eigenvalue weighted by Gasteiger charge is -2.19. The van der Waals surface area contributed by atoms with Crippen LogP contribution in [0.5, 0.6) is 0 Å². The maximum absolute atomic E-state index is 11.8. The highest BCUT2D eigenvalue weighted by Crippen LogP contribution is 2.07. The highest BCUT2D eigenvalue weighted by molar-refractivity contribution is 5.77. The molecule has 0 saturated carbocycles. The number of amides is 1. The number of carbonyl (C=O) groups is 1. The Kier molecular flexibility index (Phi) is 3.74. The summed E-state index contributed by atoms with van der Waals surface area (Å²) in [6, 6.07) is 7.03.